The lowest BCUT2D eigenvalue weighted by atomic mass is 10.1. The Morgan fingerprint density at radius 1 is 1.06 bits per heavy atom. The van der Waals surface area contributed by atoms with Gasteiger partial charge < -0.3 is 14.6 Å². The van der Waals surface area contributed by atoms with Gasteiger partial charge in [-0.1, -0.05) is 69.4 Å². The molecule has 35 heavy (non-hydrogen) atoms. The van der Waals surface area contributed by atoms with Gasteiger partial charge in [0.2, 0.25) is 0 Å². The fourth-order valence-electron chi connectivity index (χ4n) is 4.55. The number of nitrogens with one attached hydrogen (secondary N) is 1. The standard InChI is InChI=1S/C27H36N4O3S/c1-3-4-5-6-7-11-14-28-27-29-24-22(26(33)34-27)20(2)23(35-24)25(32)31-17-15-30(16-18-31)19-21-12-9-8-10-13-21/h8-10,12-13H,3-7,11,14-19H2,1-2H3,(H,28,29). The second-order valence-electron chi connectivity index (χ2n) is 9.29. The number of anilines is 1. The van der Waals surface area contributed by atoms with Crippen LogP contribution in [0.2, 0.25) is 0 Å². The first-order chi connectivity index (χ1) is 17.1. The summed E-state index contributed by atoms with van der Waals surface area (Å²) >= 11 is 1.29. The number of hydrogen-bond acceptors (Lipinski definition) is 7. The molecule has 0 bridgehead atoms. The van der Waals surface area contributed by atoms with Crippen LogP contribution in [0.15, 0.2) is 39.5 Å². The average molecular weight is 497 g/mol. The number of aromatic nitrogens is 1. The second-order valence-corrected chi connectivity index (χ2v) is 10.3. The zero-order valence-electron chi connectivity index (χ0n) is 20.8. The number of carbonyl (C=O) groups excluding carboxylic acids is 1. The van der Waals surface area contributed by atoms with Crippen LogP contribution in [-0.4, -0.2) is 53.4 Å². The van der Waals surface area contributed by atoms with Gasteiger partial charge in [0.05, 0.1) is 4.88 Å². The molecule has 1 aromatic carbocycles. The van der Waals surface area contributed by atoms with Crippen LogP contribution in [-0.2, 0) is 6.54 Å². The molecular formula is C27H36N4O3S. The maximum Gasteiger partial charge on any atom is 0.349 e. The Balaban J connectivity index is 1.36. The number of rotatable bonds is 11. The Bertz CT molecular complexity index is 1170. The van der Waals surface area contributed by atoms with Gasteiger partial charge in [-0.2, -0.15) is 4.98 Å². The number of benzene rings is 1. The lowest BCUT2D eigenvalue weighted by molar-refractivity contribution is 0.0632. The summed E-state index contributed by atoms with van der Waals surface area (Å²) in [5.74, 6) is -0.0224. The largest absolute Gasteiger partial charge is 0.389 e. The molecule has 1 fully saturated rings. The van der Waals surface area contributed by atoms with Crippen LogP contribution in [0.25, 0.3) is 10.2 Å². The minimum absolute atomic E-state index is 0.0224. The van der Waals surface area contributed by atoms with Crippen molar-refractivity contribution in [2.75, 3.05) is 38.0 Å². The molecule has 7 nitrogen and oxygen atoms in total. The summed E-state index contributed by atoms with van der Waals surface area (Å²) in [7, 11) is 0. The van der Waals surface area contributed by atoms with Gasteiger partial charge in [-0.15, -0.1) is 11.3 Å². The van der Waals surface area contributed by atoms with E-state index in [9.17, 15) is 9.59 Å². The summed E-state index contributed by atoms with van der Waals surface area (Å²) < 4.78 is 5.42. The molecule has 0 spiro atoms. The van der Waals surface area contributed by atoms with Crippen molar-refractivity contribution in [1.82, 2.24) is 14.8 Å². The summed E-state index contributed by atoms with van der Waals surface area (Å²) in [4.78, 5) is 35.9. The molecule has 2 aromatic heterocycles. The lowest BCUT2D eigenvalue weighted by Crippen LogP contribution is -2.48. The molecule has 0 aliphatic carbocycles. The average Bonchev–Trinajstić information content (AvgIpc) is 3.20. The fourth-order valence-corrected chi connectivity index (χ4v) is 5.68. The molecule has 0 saturated carbocycles. The maximum atomic E-state index is 13.3. The number of aryl methyl sites for hydroxylation is 1. The minimum Gasteiger partial charge on any atom is -0.389 e. The maximum absolute atomic E-state index is 13.3. The Hall–Kier alpha value is -2.71. The molecule has 1 amide bonds. The molecule has 1 aliphatic rings. The van der Waals surface area contributed by atoms with Crippen LogP contribution in [0.4, 0.5) is 6.01 Å². The second kappa shape index (κ2) is 12.3. The molecule has 0 unspecified atom stereocenters. The Kier molecular flexibility index (Phi) is 8.93. The number of nitrogens with zero attached hydrogens (tertiary/aromatic N) is 3. The smallest absolute Gasteiger partial charge is 0.349 e. The van der Waals surface area contributed by atoms with Crippen molar-refractivity contribution in [3.05, 3.63) is 56.8 Å². The van der Waals surface area contributed by atoms with Crippen molar-refractivity contribution in [2.45, 2.75) is 58.9 Å². The van der Waals surface area contributed by atoms with E-state index in [2.05, 4.69) is 46.4 Å². The van der Waals surface area contributed by atoms with E-state index in [1.807, 2.05) is 17.9 Å². The van der Waals surface area contributed by atoms with E-state index in [0.29, 0.717) is 33.7 Å². The van der Waals surface area contributed by atoms with Crippen molar-refractivity contribution >= 4 is 33.5 Å². The highest BCUT2D eigenvalue weighted by Gasteiger charge is 2.27. The molecule has 0 atom stereocenters. The van der Waals surface area contributed by atoms with E-state index < -0.39 is 5.63 Å². The quantitative estimate of drug-likeness (QED) is 0.364. The van der Waals surface area contributed by atoms with Crippen molar-refractivity contribution in [3.63, 3.8) is 0 Å². The highest BCUT2D eigenvalue weighted by molar-refractivity contribution is 7.20. The Morgan fingerprint density at radius 2 is 1.77 bits per heavy atom. The predicted octanol–water partition coefficient (Wildman–Crippen LogP) is 5.29. The van der Waals surface area contributed by atoms with Gasteiger partial charge in [-0.25, -0.2) is 4.79 Å². The van der Waals surface area contributed by atoms with E-state index in [1.165, 1.54) is 42.6 Å². The Labute approximate surface area is 211 Å². The number of fused-ring (bicyclic) bond motifs is 1. The molecule has 1 aliphatic heterocycles. The first-order valence-corrected chi connectivity index (χ1v) is 13.6. The minimum atomic E-state index is -0.430. The molecule has 3 heterocycles. The molecule has 1 saturated heterocycles. The summed E-state index contributed by atoms with van der Waals surface area (Å²) in [6.07, 6.45) is 7.17. The van der Waals surface area contributed by atoms with Gasteiger partial charge in [0, 0.05) is 39.3 Å². The van der Waals surface area contributed by atoms with Crippen LogP contribution in [0.3, 0.4) is 0 Å². The molecule has 1 N–H and O–H groups in total. The third-order valence-electron chi connectivity index (χ3n) is 6.63. The predicted molar refractivity (Wildman–Crippen MR) is 142 cm³/mol. The number of hydrogen-bond donors (Lipinski definition) is 1. The van der Waals surface area contributed by atoms with Gasteiger partial charge in [0.15, 0.2) is 0 Å². The highest BCUT2D eigenvalue weighted by Crippen LogP contribution is 2.29. The van der Waals surface area contributed by atoms with E-state index in [0.717, 1.165) is 39.0 Å². The SMILES string of the molecule is CCCCCCCCNc1nc2sc(C(=O)N3CCN(Cc4ccccc4)CC3)c(C)c2c(=O)o1. The van der Waals surface area contributed by atoms with Crippen LogP contribution in [0.5, 0.6) is 0 Å². The number of unbranched alkanes of at least 4 members (excludes halogenated alkanes) is 5. The molecule has 3 aromatic rings. The fraction of sp³-hybridized carbons (Fsp3) is 0.519. The van der Waals surface area contributed by atoms with E-state index in [-0.39, 0.29) is 11.9 Å². The van der Waals surface area contributed by atoms with Crippen molar-refractivity contribution in [2.24, 2.45) is 0 Å². The van der Waals surface area contributed by atoms with Gasteiger partial charge in [0.25, 0.3) is 11.9 Å². The first-order valence-electron chi connectivity index (χ1n) is 12.8. The molecule has 0 radical (unpaired) electrons. The monoisotopic (exact) mass is 496 g/mol. The van der Waals surface area contributed by atoms with Crippen LogP contribution in [0, 0.1) is 6.92 Å². The number of amides is 1. The number of thiophene rings is 1. The molecule has 4 rings (SSSR count). The first kappa shape index (κ1) is 25.4. The number of carbonyl (C=O) groups is 1. The van der Waals surface area contributed by atoms with Gasteiger partial charge in [0.1, 0.15) is 10.2 Å². The van der Waals surface area contributed by atoms with Crippen molar-refractivity contribution < 1.29 is 9.21 Å². The summed E-state index contributed by atoms with van der Waals surface area (Å²) in [6, 6.07) is 10.6. The zero-order valence-corrected chi connectivity index (χ0v) is 21.7. The normalized spacial score (nSPS) is 14.5. The van der Waals surface area contributed by atoms with Gasteiger partial charge in [-0.05, 0) is 24.5 Å². The zero-order chi connectivity index (χ0) is 24.6. The highest BCUT2D eigenvalue weighted by atomic mass is 32.1. The van der Waals surface area contributed by atoms with Crippen LogP contribution >= 0.6 is 11.3 Å². The van der Waals surface area contributed by atoms with Crippen molar-refractivity contribution in [1.29, 1.82) is 0 Å². The van der Waals surface area contributed by atoms with Crippen LogP contribution in [0.1, 0.15) is 66.2 Å². The van der Waals surface area contributed by atoms with Crippen LogP contribution < -0.4 is 10.9 Å². The topological polar surface area (TPSA) is 78.7 Å². The summed E-state index contributed by atoms with van der Waals surface area (Å²) in [6.45, 7) is 8.65. The van der Waals surface area contributed by atoms with Gasteiger partial charge in [-0.3, -0.25) is 9.69 Å². The van der Waals surface area contributed by atoms with Gasteiger partial charge >= 0.3 is 5.63 Å². The molecule has 188 valence electrons. The summed E-state index contributed by atoms with van der Waals surface area (Å²) in [5, 5.41) is 3.57. The third-order valence-corrected chi connectivity index (χ3v) is 7.81. The third kappa shape index (κ3) is 6.49. The lowest BCUT2D eigenvalue weighted by Gasteiger charge is -2.34. The molecular weight excluding hydrogens is 460 g/mol. The number of piperazine rings is 1. The Morgan fingerprint density at radius 3 is 2.51 bits per heavy atom. The molecule has 8 heteroatoms. The van der Waals surface area contributed by atoms with E-state index in [1.54, 1.807) is 0 Å². The summed E-state index contributed by atoms with van der Waals surface area (Å²) in [5.41, 5.74) is 1.53. The van der Waals surface area contributed by atoms with E-state index >= 15 is 0 Å². The van der Waals surface area contributed by atoms with Crippen molar-refractivity contribution in [3.8, 4) is 0 Å². The van der Waals surface area contributed by atoms with E-state index in [4.69, 9.17) is 4.42 Å².